The second-order valence-electron chi connectivity index (χ2n) is 8.15. The zero-order valence-electron chi connectivity index (χ0n) is 17.9. The Kier molecular flexibility index (Phi) is 6.15. The van der Waals surface area contributed by atoms with E-state index in [4.69, 9.17) is 11.6 Å². The average molecular weight is 477 g/mol. The minimum absolute atomic E-state index is 0.0865. The number of piperidine rings is 1. The molecule has 170 valence electrons. The van der Waals surface area contributed by atoms with Crippen molar-refractivity contribution in [1.82, 2.24) is 13.4 Å². The first-order valence-corrected chi connectivity index (χ1v) is 12.3. The molecule has 4 rings (SSSR count). The number of hydrogen-bond donors (Lipinski definition) is 1. The van der Waals surface area contributed by atoms with Crippen LogP contribution in [-0.2, 0) is 34.7 Å². The molecule has 0 atom stereocenters. The normalized spacial score (nSPS) is 15.8. The number of aryl methyl sites for hydroxylation is 2. The first-order chi connectivity index (χ1) is 15.2. The van der Waals surface area contributed by atoms with E-state index in [9.17, 15) is 18.0 Å². The van der Waals surface area contributed by atoms with Crippen LogP contribution in [0.3, 0.4) is 0 Å². The van der Waals surface area contributed by atoms with Gasteiger partial charge < -0.3 is 5.32 Å². The Hall–Kier alpha value is -2.62. The molecular formula is C22H25ClN4O4S. The summed E-state index contributed by atoms with van der Waals surface area (Å²) in [5.74, 6) is -0.496. The SMILES string of the molecule is Cn1c(=O)n(C)c2cc(NC(=O)C3CCN(S(=O)(=O)Cc4ccc(Cl)cc4)CC3)ccc21. The summed E-state index contributed by atoms with van der Waals surface area (Å²) in [6.45, 7) is 0.612. The highest BCUT2D eigenvalue weighted by Crippen LogP contribution is 2.24. The van der Waals surface area contributed by atoms with Crippen LogP contribution in [-0.4, -0.2) is 40.9 Å². The summed E-state index contributed by atoms with van der Waals surface area (Å²) in [6, 6.07) is 12.1. The van der Waals surface area contributed by atoms with Crippen LogP contribution in [0.25, 0.3) is 11.0 Å². The molecule has 3 aromatic rings. The predicted molar refractivity (Wildman–Crippen MR) is 125 cm³/mol. The zero-order chi connectivity index (χ0) is 23.0. The Morgan fingerprint density at radius 1 is 1.03 bits per heavy atom. The number of carbonyl (C=O) groups excluding carboxylic acids is 1. The molecule has 1 fully saturated rings. The molecule has 8 nitrogen and oxygen atoms in total. The van der Waals surface area contributed by atoms with E-state index in [2.05, 4.69) is 5.32 Å². The lowest BCUT2D eigenvalue weighted by molar-refractivity contribution is -0.120. The molecule has 0 aliphatic carbocycles. The van der Waals surface area contributed by atoms with Crippen LogP contribution in [0.1, 0.15) is 18.4 Å². The van der Waals surface area contributed by atoms with Gasteiger partial charge in [0, 0.05) is 43.8 Å². The van der Waals surface area contributed by atoms with E-state index in [1.807, 2.05) is 0 Å². The molecule has 0 bridgehead atoms. The van der Waals surface area contributed by atoms with E-state index in [0.29, 0.717) is 42.2 Å². The van der Waals surface area contributed by atoms with Crippen molar-refractivity contribution in [3.8, 4) is 0 Å². The van der Waals surface area contributed by atoms with Gasteiger partial charge in [-0.15, -0.1) is 0 Å². The molecule has 0 unspecified atom stereocenters. The summed E-state index contributed by atoms with van der Waals surface area (Å²) < 4.78 is 30.1. The summed E-state index contributed by atoms with van der Waals surface area (Å²) >= 11 is 5.87. The number of imidazole rings is 1. The number of sulfonamides is 1. The number of anilines is 1. The third-order valence-electron chi connectivity index (χ3n) is 6.02. The molecule has 1 aromatic heterocycles. The van der Waals surface area contributed by atoms with Gasteiger partial charge in [-0.1, -0.05) is 23.7 Å². The van der Waals surface area contributed by atoms with Gasteiger partial charge in [-0.2, -0.15) is 0 Å². The van der Waals surface area contributed by atoms with Crippen molar-refractivity contribution < 1.29 is 13.2 Å². The fraction of sp³-hybridized carbons (Fsp3) is 0.364. The monoisotopic (exact) mass is 476 g/mol. The van der Waals surface area contributed by atoms with Crippen LogP contribution in [0.4, 0.5) is 5.69 Å². The Labute approximate surface area is 191 Å². The van der Waals surface area contributed by atoms with E-state index < -0.39 is 10.0 Å². The summed E-state index contributed by atoms with van der Waals surface area (Å²) in [5.41, 5.74) is 2.69. The van der Waals surface area contributed by atoms with E-state index in [0.717, 1.165) is 11.0 Å². The lowest BCUT2D eigenvalue weighted by Crippen LogP contribution is -2.41. The molecule has 2 aromatic carbocycles. The maximum atomic E-state index is 12.8. The van der Waals surface area contributed by atoms with Gasteiger partial charge in [0.25, 0.3) is 0 Å². The number of hydrogen-bond acceptors (Lipinski definition) is 4. The molecule has 32 heavy (non-hydrogen) atoms. The third-order valence-corrected chi connectivity index (χ3v) is 8.12. The van der Waals surface area contributed by atoms with E-state index >= 15 is 0 Å². The molecule has 1 amide bonds. The minimum atomic E-state index is -3.46. The molecule has 1 aliphatic rings. The van der Waals surface area contributed by atoms with Gasteiger partial charge in [0.1, 0.15) is 0 Å². The molecule has 10 heteroatoms. The fourth-order valence-corrected chi connectivity index (χ4v) is 5.80. The molecule has 0 saturated carbocycles. The maximum Gasteiger partial charge on any atom is 0.328 e. The second kappa shape index (κ2) is 8.73. The summed E-state index contributed by atoms with van der Waals surface area (Å²) in [4.78, 5) is 24.9. The Bertz CT molecular complexity index is 1320. The van der Waals surface area contributed by atoms with E-state index in [1.54, 1.807) is 61.1 Å². The van der Waals surface area contributed by atoms with Crippen LogP contribution in [0, 0.1) is 5.92 Å². The molecule has 0 spiro atoms. The van der Waals surface area contributed by atoms with Crippen LogP contribution in [0.5, 0.6) is 0 Å². The maximum absolute atomic E-state index is 12.8. The van der Waals surface area contributed by atoms with Crippen LogP contribution in [0.2, 0.25) is 5.02 Å². The number of carbonyl (C=O) groups is 1. The number of halogens is 1. The second-order valence-corrected chi connectivity index (χ2v) is 10.6. The minimum Gasteiger partial charge on any atom is -0.326 e. The molecule has 1 saturated heterocycles. The number of rotatable bonds is 5. The standard InChI is InChI=1S/C22H25ClN4O4S/c1-25-19-8-7-18(13-20(19)26(2)22(25)29)24-21(28)16-9-11-27(12-10-16)32(30,31)14-15-3-5-17(23)6-4-15/h3-8,13,16H,9-12,14H2,1-2H3,(H,24,28). The van der Waals surface area contributed by atoms with Crippen molar-refractivity contribution in [1.29, 1.82) is 0 Å². The predicted octanol–water partition coefficient (Wildman–Crippen LogP) is 2.71. The smallest absolute Gasteiger partial charge is 0.326 e. The first kappa shape index (κ1) is 22.6. The molecule has 2 heterocycles. The van der Waals surface area contributed by atoms with Crippen molar-refractivity contribution in [2.75, 3.05) is 18.4 Å². The lowest BCUT2D eigenvalue weighted by atomic mass is 9.97. The molecule has 1 aliphatic heterocycles. The van der Waals surface area contributed by atoms with Gasteiger partial charge in [-0.05, 0) is 48.7 Å². The highest BCUT2D eigenvalue weighted by Gasteiger charge is 2.31. The third kappa shape index (κ3) is 4.46. The lowest BCUT2D eigenvalue weighted by Gasteiger charge is -2.30. The zero-order valence-corrected chi connectivity index (χ0v) is 19.5. The van der Waals surface area contributed by atoms with Gasteiger partial charge in [-0.25, -0.2) is 17.5 Å². The van der Waals surface area contributed by atoms with Gasteiger partial charge in [0.15, 0.2) is 0 Å². The number of nitrogens with zero attached hydrogens (tertiary/aromatic N) is 3. The Morgan fingerprint density at radius 2 is 1.66 bits per heavy atom. The van der Waals surface area contributed by atoms with Crippen molar-refractivity contribution >= 4 is 44.3 Å². The van der Waals surface area contributed by atoms with E-state index in [1.165, 1.54) is 8.87 Å². The van der Waals surface area contributed by atoms with Gasteiger partial charge in [0.2, 0.25) is 15.9 Å². The van der Waals surface area contributed by atoms with Crippen LogP contribution in [0.15, 0.2) is 47.3 Å². The molecular weight excluding hydrogens is 452 g/mol. The van der Waals surface area contributed by atoms with Crippen LogP contribution >= 0.6 is 11.6 Å². The van der Waals surface area contributed by atoms with Crippen LogP contribution < -0.4 is 11.0 Å². The van der Waals surface area contributed by atoms with Crippen molar-refractivity contribution in [3.05, 3.63) is 63.5 Å². The van der Waals surface area contributed by atoms with Crippen molar-refractivity contribution in [3.63, 3.8) is 0 Å². The number of nitrogens with one attached hydrogen (secondary N) is 1. The largest absolute Gasteiger partial charge is 0.328 e. The van der Waals surface area contributed by atoms with Gasteiger partial charge >= 0.3 is 5.69 Å². The Balaban J connectivity index is 1.38. The number of aromatic nitrogens is 2. The van der Waals surface area contributed by atoms with Crippen molar-refractivity contribution in [2.45, 2.75) is 18.6 Å². The number of amides is 1. The first-order valence-electron chi connectivity index (χ1n) is 10.3. The topological polar surface area (TPSA) is 93.4 Å². The van der Waals surface area contributed by atoms with Gasteiger partial charge in [-0.3, -0.25) is 13.9 Å². The number of fused-ring (bicyclic) bond motifs is 1. The highest BCUT2D eigenvalue weighted by atomic mass is 35.5. The number of benzene rings is 2. The van der Waals surface area contributed by atoms with Crippen molar-refractivity contribution in [2.24, 2.45) is 20.0 Å². The summed E-state index contributed by atoms with van der Waals surface area (Å²) in [6.07, 6.45) is 0.912. The van der Waals surface area contributed by atoms with E-state index in [-0.39, 0.29) is 23.3 Å². The Morgan fingerprint density at radius 3 is 2.31 bits per heavy atom. The molecule has 0 radical (unpaired) electrons. The summed E-state index contributed by atoms with van der Waals surface area (Å²) in [7, 11) is -0.0673. The van der Waals surface area contributed by atoms with Gasteiger partial charge in [0.05, 0.1) is 16.8 Å². The molecule has 1 N–H and O–H groups in total. The highest BCUT2D eigenvalue weighted by molar-refractivity contribution is 7.88. The quantitative estimate of drug-likeness (QED) is 0.612. The fourth-order valence-electron chi connectivity index (χ4n) is 4.11. The average Bonchev–Trinajstić information content (AvgIpc) is 2.99. The summed E-state index contributed by atoms with van der Waals surface area (Å²) in [5, 5.41) is 3.48.